The van der Waals surface area contributed by atoms with Crippen LogP contribution in [0.2, 0.25) is 0 Å². The van der Waals surface area contributed by atoms with E-state index in [1.165, 1.54) is 0 Å². The molecule has 6 rings (SSSR count). The molecule has 3 heterocycles. The van der Waals surface area contributed by atoms with Gasteiger partial charge in [0.1, 0.15) is 0 Å². The number of aromatic hydroxyl groups is 6. The van der Waals surface area contributed by atoms with Crippen molar-refractivity contribution in [3.63, 3.8) is 0 Å². The Kier molecular flexibility index (Phi) is 4.20. The van der Waals surface area contributed by atoms with Gasteiger partial charge in [-0.05, 0) is 30.5 Å². The van der Waals surface area contributed by atoms with Crippen LogP contribution < -0.4 is 0 Å². The Morgan fingerprint density at radius 1 is 0.457 bits per heavy atom. The second-order valence-corrected chi connectivity index (χ2v) is 8.87. The SMILES string of the molecule is Cc1c(O)c(O)c(-c2c(O)c(O)c(-c3c(O)c(O)c(C)c4c3CC=N4)c3c2CC=N3)c2c1CC=N2. The summed E-state index contributed by atoms with van der Waals surface area (Å²) in [5, 5.41) is 65.6. The lowest BCUT2D eigenvalue weighted by Gasteiger charge is -2.22. The van der Waals surface area contributed by atoms with Gasteiger partial charge in [0, 0.05) is 60.2 Å². The second-order valence-electron chi connectivity index (χ2n) is 8.87. The lowest BCUT2D eigenvalue weighted by Crippen LogP contribution is -1.98. The molecule has 0 bridgehead atoms. The predicted octanol–water partition coefficient (Wildman–Crippen LogP) is 4.65. The molecule has 3 aliphatic heterocycles. The van der Waals surface area contributed by atoms with E-state index in [0.29, 0.717) is 52.0 Å². The van der Waals surface area contributed by atoms with Crippen molar-refractivity contribution in [1.82, 2.24) is 0 Å². The van der Waals surface area contributed by atoms with Gasteiger partial charge in [-0.1, -0.05) is 0 Å². The predicted molar refractivity (Wildman–Crippen MR) is 132 cm³/mol. The van der Waals surface area contributed by atoms with Crippen LogP contribution in [0.5, 0.6) is 34.5 Å². The fraction of sp³-hybridized carbons (Fsp3) is 0.192. The maximum atomic E-state index is 11.3. The van der Waals surface area contributed by atoms with Gasteiger partial charge in [0.25, 0.3) is 0 Å². The Balaban J connectivity index is 1.72. The van der Waals surface area contributed by atoms with E-state index >= 15 is 0 Å². The molecule has 9 heteroatoms. The summed E-state index contributed by atoms with van der Waals surface area (Å²) >= 11 is 0. The molecule has 0 aliphatic carbocycles. The molecule has 0 saturated heterocycles. The summed E-state index contributed by atoms with van der Waals surface area (Å²) in [4.78, 5) is 13.1. The highest BCUT2D eigenvalue weighted by molar-refractivity contribution is 6.06. The molecule has 35 heavy (non-hydrogen) atoms. The number of fused-ring (bicyclic) bond motifs is 3. The third kappa shape index (κ3) is 2.55. The molecule has 6 N–H and O–H groups in total. The average molecular weight is 471 g/mol. The molecule has 0 unspecified atom stereocenters. The minimum atomic E-state index is -0.583. The van der Waals surface area contributed by atoms with Crippen LogP contribution in [0.4, 0.5) is 17.1 Å². The lowest BCUT2D eigenvalue weighted by atomic mass is 9.85. The molecule has 3 aromatic carbocycles. The van der Waals surface area contributed by atoms with Gasteiger partial charge in [0.15, 0.2) is 34.5 Å². The fourth-order valence-corrected chi connectivity index (χ4v) is 5.34. The number of hydrogen-bond donors (Lipinski definition) is 6. The molecule has 0 fully saturated rings. The first-order valence-corrected chi connectivity index (χ1v) is 11.1. The minimum absolute atomic E-state index is 0.0560. The quantitative estimate of drug-likeness (QED) is 0.299. The van der Waals surface area contributed by atoms with Gasteiger partial charge < -0.3 is 30.6 Å². The Labute approximate surface area is 199 Å². The molecule has 0 radical (unpaired) electrons. The molecule has 3 aromatic rings. The molecule has 3 aliphatic rings. The van der Waals surface area contributed by atoms with Crippen LogP contribution in [0.1, 0.15) is 27.8 Å². The highest BCUT2D eigenvalue weighted by atomic mass is 16.3. The first-order chi connectivity index (χ1) is 16.7. The second kappa shape index (κ2) is 6.99. The molecule has 0 amide bonds. The summed E-state index contributed by atoms with van der Waals surface area (Å²) in [7, 11) is 0. The van der Waals surface area contributed by atoms with Gasteiger partial charge in [-0.15, -0.1) is 0 Å². The topological polar surface area (TPSA) is 158 Å². The van der Waals surface area contributed by atoms with Crippen LogP contribution >= 0.6 is 0 Å². The number of rotatable bonds is 2. The molecule has 0 atom stereocenters. The van der Waals surface area contributed by atoms with Gasteiger partial charge in [-0.3, -0.25) is 15.0 Å². The van der Waals surface area contributed by atoms with Crippen LogP contribution in [-0.2, 0) is 19.3 Å². The standard InChI is InChI=1S/C26H21N3O6/c1-9-11-3-6-28-19(11)16(25(34)21(9)30)15-13-5-8-29-20(13)17(26(35)24(15)33)14-12-4-7-27-18(12)10(2)22(31)23(14)32/h6-8,30-35H,3-5H2,1-2H3. The summed E-state index contributed by atoms with van der Waals surface area (Å²) in [6.45, 7) is 3.31. The first kappa shape index (κ1) is 21.0. The van der Waals surface area contributed by atoms with E-state index in [2.05, 4.69) is 15.0 Å². The third-order valence-electron chi connectivity index (χ3n) is 7.12. The Morgan fingerprint density at radius 3 is 1.43 bits per heavy atom. The Bertz CT molecular complexity index is 1600. The van der Waals surface area contributed by atoms with Gasteiger partial charge in [-0.25, -0.2) is 0 Å². The fourth-order valence-electron chi connectivity index (χ4n) is 5.34. The Morgan fingerprint density at radius 2 is 0.829 bits per heavy atom. The van der Waals surface area contributed by atoms with E-state index in [0.717, 1.165) is 0 Å². The number of phenolic OH excluding ortho intramolecular Hbond substituents is 6. The zero-order valence-corrected chi connectivity index (χ0v) is 18.9. The van der Waals surface area contributed by atoms with Crippen LogP contribution in [0.15, 0.2) is 15.0 Å². The van der Waals surface area contributed by atoms with Crippen molar-refractivity contribution in [2.24, 2.45) is 15.0 Å². The van der Waals surface area contributed by atoms with Gasteiger partial charge in [0.2, 0.25) is 0 Å². The number of aliphatic imine (C=N–C) groups is 3. The van der Waals surface area contributed by atoms with Crippen molar-refractivity contribution < 1.29 is 30.6 Å². The molecule has 0 saturated carbocycles. The number of nitrogens with zero attached hydrogens (tertiary/aromatic N) is 3. The summed E-state index contributed by atoms with van der Waals surface area (Å²) in [6.07, 6.45) is 5.95. The van der Waals surface area contributed by atoms with Crippen molar-refractivity contribution in [1.29, 1.82) is 0 Å². The maximum absolute atomic E-state index is 11.3. The molecular weight excluding hydrogens is 450 g/mol. The highest BCUT2D eigenvalue weighted by Gasteiger charge is 2.35. The van der Waals surface area contributed by atoms with E-state index in [4.69, 9.17) is 0 Å². The number of hydrogen-bond acceptors (Lipinski definition) is 9. The van der Waals surface area contributed by atoms with Crippen molar-refractivity contribution in [2.75, 3.05) is 0 Å². The summed E-state index contributed by atoms with van der Waals surface area (Å²) in [5.74, 6) is -2.73. The third-order valence-corrected chi connectivity index (χ3v) is 7.12. The zero-order valence-electron chi connectivity index (χ0n) is 18.9. The van der Waals surface area contributed by atoms with E-state index in [-0.39, 0.29) is 45.9 Å². The van der Waals surface area contributed by atoms with Gasteiger partial charge in [0.05, 0.1) is 28.2 Å². The van der Waals surface area contributed by atoms with Crippen molar-refractivity contribution in [2.45, 2.75) is 33.1 Å². The van der Waals surface area contributed by atoms with Crippen LogP contribution in [0.3, 0.4) is 0 Å². The molecule has 9 nitrogen and oxygen atoms in total. The average Bonchev–Trinajstić information content (AvgIpc) is 3.61. The van der Waals surface area contributed by atoms with E-state index < -0.39 is 23.0 Å². The minimum Gasteiger partial charge on any atom is -0.504 e. The van der Waals surface area contributed by atoms with Crippen molar-refractivity contribution >= 4 is 35.7 Å². The van der Waals surface area contributed by atoms with Crippen LogP contribution in [0.25, 0.3) is 22.3 Å². The van der Waals surface area contributed by atoms with Crippen molar-refractivity contribution in [3.8, 4) is 56.8 Å². The summed E-state index contributed by atoms with van der Waals surface area (Å²) in [5.41, 5.74) is 4.23. The smallest absolute Gasteiger partial charge is 0.168 e. The summed E-state index contributed by atoms with van der Waals surface area (Å²) in [6, 6.07) is 0. The first-order valence-electron chi connectivity index (χ1n) is 11.1. The van der Waals surface area contributed by atoms with E-state index in [1.807, 2.05) is 0 Å². The maximum Gasteiger partial charge on any atom is 0.168 e. The van der Waals surface area contributed by atoms with E-state index in [9.17, 15) is 30.6 Å². The van der Waals surface area contributed by atoms with Crippen LogP contribution in [0, 0.1) is 13.8 Å². The van der Waals surface area contributed by atoms with Crippen molar-refractivity contribution in [3.05, 3.63) is 27.8 Å². The number of benzene rings is 3. The monoisotopic (exact) mass is 471 g/mol. The lowest BCUT2D eigenvalue weighted by molar-refractivity contribution is 0.396. The largest absolute Gasteiger partial charge is 0.504 e. The van der Waals surface area contributed by atoms with Gasteiger partial charge >= 0.3 is 0 Å². The van der Waals surface area contributed by atoms with E-state index in [1.54, 1.807) is 32.5 Å². The number of phenols is 6. The normalized spacial score (nSPS) is 14.6. The van der Waals surface area contributed by atoms with Gasteiger partial charge in [-0.2, -0.15) is 0 Å². The molecule has 176 valence electrons. The van der Waals surface area contributed by atoms with Crippen LogP contribution in [-0.4, -0.2) is 49.3 Å². The summed E-state index contributed by atoms with van der Waals surface area (Å²) < 4.78 is 0. The highest BCUT2D eigenvalue weighted by Crippen LogP contribution is 2.61. The zero-order chi connectivity index (χ0) is 24.8. The molecule has 0 spiro atoms. The molecule has 0 aromatic heterocycles. The molecular formula is C26H21N3O6. The Hall–Kier alpha value is -4.53.